The molecule has 0 radical (unpaired) electrons. The van der Waals surface area contributed by atoms with Gasteiger partial charge < -0.3 is 10.3 Å². The number of hydrogen-bond donors (Lipinski definition) is 2. The lowest BCUT2D eigenvalue weighted by Crippen LogP contribution is -2.12. The Hall–Kier alpha value is -2.73. The first-order chi connectivity index (χ1) is 10.2. The van der Waals surface area contributed by atoms with Crippen molar-refractivity contribution in [1.29, 1.82) is 0 Å². The van der Waals surface area contributed by atoms with Crippen LogP contribution in [-0.4, -0.2) is 20.7 Å². The Morgan fingerprint density at radius 2 is 2.00 bits per heavy atom. The Kier molecular flexibility index (Phi) is 3.61. The number of hydrogen-bond acceptors (Lipinski definition) is 3. The van der Waals surface area contributed by atoms with E-state index in [9.17, 15) is 4.79 Å². The van der Waals surface area contributed by atoms with Gasteiger partial charge in [0.2, 0.25) is 0 Å². The molecular formula is C15H12N4OS. The molecule has 2 aromatic heterocycles. The van der Waals surface area contributed by atoms with Crippen LogP contribution in [0, 0.1) is 4.64 Å². The fourth-order valence-electron chi connectivity index (χ4n) is 1.92. The van der Waals surface area contributed by atoms with Gasteiger partial charge in [0.05, 0.1) is 11.3 Å². The van der Waals surface area contributed by atoms with Crippen molar-refractivity contribution in [2.75, 3.05) is 5.32 Å². The van der Waals surface area contributed by atoms with Gasteiger partial charge in [-0.25, -0.2) is 4.68 Å². The lowest BCUT2D eigenvalue weighted by molar-refractivity contribution is 0.102. The topological polar surface area (TPSA) is 62.7 Å². The fraction of sp³-hybridized carbons (Fsp3) is 0. The van der Waals surface area contributed by atoms with E-state index in [0.29, 0.717) is 15.9 Å². The molecule has 1 amide bonds. The van der Waals surface area contributed by atoms with Crippen LogP contribution in [0.5, 0.6) is 0 Å². The van der Waals surface area contributed by atoms with Crippen LogP contribution in [0.15, 0.2) is 61.1 Å². The Bertz CT molecular complexity index is 806. The summed E-state index contributed by atoms with van der Waals surface area (Å²) >= 11 is 5.09. The minimum atomic E-state index is -0.233. The number of benzene rings is 1. The number of anilines is 1. The van der Waals surface area contributed by atoms with E-state index in [1.807, 2.05) is 36.5 Å². The molecule has 0 saturated heterocycles. The number of aromatic nitrogens is 3. The number of aromatic amines is 1. The SMILES string of the molecule is O=C(Nc1ccc(-n2cccn2)cc1)c1ccc[nH]c1=S. The number of H-pyrrole nitrogens is 1. The van der Waals surface area contributed by atoms with Crippen molar-refractivity contribution in [3.8, 4) is 5.69 Å². The highest BCUT2D eigenvalue weighted by molar-refractivity contribution is 7.71. The highest BCUT2D eigenvalue weighted by atomic mass is 32.1. The molecule has 104 valence electrons. The van der Waals surface area contributed by atoms with E-state index in [4.69, 9.17) is 12.2 Å². The quantitative estimate of drug-likeness (QED) is 0.730. The largest absolute Gasteiger partial charge is 0.352 e. The molecule has 0 saturated carbocycles. The zero-order valence-corrected chi connectivity index (χ0v) is 11.8. The van der Waals surface area contributed by atoms with Gasteiger partial charge in [0.15, 0.2) is 0 Å². The molecule has 0 aliphatic rings. The summed E-state index contributed by atoms with van der Waals surface area (Å²) in [6.07, 6.45) is 5.27. The van der Waals surface area contributed by atoms with Crippen molar-refractivity contribution in [2.45, 2.75) is 0 Å². The number of rotatable bonds is 3. The van der Waals surface area contributed by atoms with Crippen molar-refractivity contribution in [2.24, 2.45) is 0 Å². The van der Waals surface area contributed by atoms with Crippen LogP contribution >= 0.6 is 12.2 Å². The molecule has 21 heavy (non-hydrogen) atoms. The van der Waals surface area contributed by atoms with Gasteiger partial charge in [0.1, 0.15) is 4.64 Å². The van der Waals surface area contributed by atoms with Crippen LogP contribution in [0.1, 0.15) is 10.4 Å². The maximum Gasteiger partial charge on any atom is 0.258 e. The molecule has 0 fully saturated rings. The number of carbonyl (C=O) groups is 1. The van der Waals surface area contributed by atoms with E-state index in [2.05, 4.69) is 15.4 Å². The molecule has 6 heteroatoms. The predicted molar refractivity (Wildman–Crippen MR) is 83.1 cm³/mol. The smallest absolute Gasteiger partial charge is 0.258 e. The van der Waals surface area contributed by atoms with E-state index in [-0.39, 0.29) is 5.91 Å². The van der Waals surface area contributed by atoms with Crippen molar-refractivity contribution < 1.29 is 4.79 Å². The third kappa shape index (κ3) is 2.90. The first-order valence-electron chi connectivity index (χ1n) is 6.33. The summed E-state index contributed by atoms with van der Waals surface area (Å²) in [5, 5.41) is 6.96. The minimum absolute atomic E-state index is 0.233. The number of nitrogens with one attached hydrogen (secondary N) is 2. The predicted octanol–water partition coefficient (Wildman–Crippen LogP) is 3.18. The van der Waals surface area contributed by atoms with Gasteiger partial charge >= 0.3 is 0 Å². The number of amides is 1. The summed E-state index contributed by atoms with van der Waals surface area (Å²) in [5.41, 5.74) is 2.08. The zero-order chi connectivity index (χ0) is 14.7. The number of nitrogens with zero attached hydrogens (tertiary/aromatic N) is 2. The maximum atomic E-state index is 12.1. The van der Waals surface area contributed by atoms with Crippen LogP contribution in [0.2, 0.25) is 0 Å². The minimum Gasteiger partial charge on any atom is -0.352 e. The molecule has 0 unspecified atom stereocenters. The Morgan fingerprint density at radius 1 is 1.19 bits per heavy atom. The van der Waals surface area contributed by atoms with Crippen molar-refractivity contribution >= 4 is 23.8 Å². The zero-order valence-electron chi connectivity index (χ0n) is 11.0. The molecule has 0 aliphatic heterocycles. The van der Waals surface area contributed by atoms with Gasteiger partial charge in [-0.15, -0.1) is 0 Å². The first kappa shape index (κ1) is 13.3. The van der Waals surface area contributed by atoms with Gasteiger partial charge in [-0.05, 0) is 42.5 Å². The average Bonchev–Trinajstić information content (AvgIpc) is 3.02. The third-order valence-corrected chi connectivity index (χ3v) is 3.29. The third-order valence-electron chi connectivity index (χ3n) is 2.96. The van der Waals surface area contributed by atoms with Crippen LogP contribution in [-0.2, 0) is 0 Å². The Balaban J connectivity index is 1.78. The van der Waals surface area contributed by atoms with Gasteiger partial charge in [-0.2, -0.15) is 5.10 Å². The van der Waals surface area contributed by atoms with Crippen molar-refractivity contribution in [3.05, 3.63) is 71.3 Å². The van der Waals surface area contributed by atoms with E-state index in [1.165, 1.54) is 0 Å². The molecule has 2 heterocycles. The standard InChI is InChI=1S/C15H12N4OS/c20-14(13-3-1-8-16-15(13)21)18-11-4-6-12(7-5-11)19-10-2-9-17-19/h1-10H,(H,16,21)(H,18,20). The summed E-state index contributed by atoms with van der Waals surface area (Å²) in [6, 6.07) is 12.7. The molecule has 2 N–H and O–H groups in total. The Labute approximate surface area is 126 Å². The number of pyridine rings is 1. The average molecular weight is 296 g/mol. The van der Waals surface area contributed by atoms with Gasteiger partial charge in [-0.3, -0.25) is 4.79 Å². The molecule has 5 nitrogen and oxygen atoms in total. The molecule has 1 aromatic carbocycles. The second kappa shape index (κ2) is 5.72. The molecule has 0 spiro atoms. The molecule has 0 bridgehead atoms. The second-order valence-electron chi connectivity index (χ2n) is 4.36. The summed E-state index contributed by atoms with van der Waals surface area (Å²) in [7, 11) is 0. The number of carbonyl (C=O) groups excluding carboxylic acids is 1. The fourth-order valence-corrected chi connectivity index (χ4v) is 2.15. The van der Waals surface area contributed by atoms with E-state index in [1.54, 1.807) is 29.2 Å². The second-order valence-corrected chi connectivity index (χ2v) is 4.77. The molecule has 3 aromatic rings. The van der Waals surface area contributed by atoms with Crippen molar-refractivity contribution in [1.82, 2.24) is 14.8 Å². The maximum absolute atomic E-state index is 12.1. The van der Waals surface area contributed by atoms with E-state index < -0.39 is 0 Å². The van der Waals surface area contributed by atoms with Gasteiger partial charge in [0.25, 0.3) is 5.91 Å². The molecule has 0 atom stereocenters. The van der Waals surface area contributed by atoms with E-state index >= 15 is 0 Å². The molecule has 3 rings (SSSR count). The highest BCUT2D eigenvalue weighted by Gasteiger charge is 2.07. The molecular weight excluding hydrogens is 284 g/mol. The van der Waals surface area contributed by atoms with Crippen LogP contribution in [0.3, 0.4) is 0 Å². The van der Waals surface area contributed by atoms with Gasteiger partial charge in [0, 0.05) is 24.3 Å². The normalized spacial score (nSPS) is 10.3. The monoisotopic (exact) mass is 296 g/mol. The summed E-state index contributed by atoms with van der Waals surface area (Å²) < 4.78 is 2.17. The first-order valence-corrected chi connectivity index (χ1v) is 6.74. The van der Waals surface area contributed by atoms with Crippen LogP contribution in [0.25, 0.3) is 5.69 Å². The van der Waals surface area contributed by atoms with E-state index in [0.717, 1.165) is 5.69 Å². The van der Waals surface area contributed by atoms with Crippen LogP contribution < -0.4 is 5.32 Å². The molecule has 0 aliphatic carbocycles. The summed E-state index contributed by atoms with van der Waals surface area (Å²) in [4.78, 5) is 15.0. The van der Waals surface area contributed by atoms with Crippen LogP contribution in [0.4, 0.5) is 5.69 Å². The lowest BCUT2D eigenvalue weighted by atomic mass is 10.2. The van der Waals surface area contributed by atoms with Crippen molar-refractivity contribution in [3.63, 3.8) is 0 Å². The summed E-state index contributed by atoms with van der Waals surface area (Å²) in [5.74, 6) is -0.233. The highest BCUT2D eigenvalue weighted by Crippen LogP contribution is 2.14. The Morgan fingerprint density at radius 3 is 2.67 bits per heavy atom. The van der Waals surface area contributed by atoms with Gasteiger partial charge in [-0.1, -0.05) is 12.2 Å². The lowest BCUT2D eigenvalue weighted by Gasteiger charge is -2.07. The summed E-state index contributed by atoms with van der Waals surface area (Å²) in [6.45, 7) is 0.